The number of likely N-dealkylation sites (tertiary alicyclic amines) is 1. The van der Waals surface area contributed by atoms with Crippen molar-refractivity contribution in [3.05, 3.63) is 0 Å². The molecule has 3 aliphatic heterocycles. The Kier molecular flexibility index (Phi) is 2.93. The lowest BCUT2D eigenvalue weighted by atomic mass is 9.87. The molecule has 3 fully saturated rings. The highest BCUT2D eigenvalue weighted by Gasteiger charge is 2.48. The molecule has 0 radical (unpaired) electrons. The number of urea groups is 1. The molecule has 0 aliphatic carbocycles. The van der Waals surface area contributed by atoms with Gasteiger partial charge in [0.25, 0.3) is 5.91 Å². The van der Waals surface area contributed by atoms with Crippen molar-refractivity contribution in [2.75, 3.05) is 26.3 Å². The molecule has 3 aliphatic rings. The van der Waals surface area contributed by atoms with E-state index in [0.29, 0.717) is 39.1 Å². The Morgan fingerprint density at radius 2 is 2.05 bits per heavy atom. The molecule has 0 bridgehead atoms. The van der Waals surface area contributed by atoms with E-state index in [9.17, 15) is 14.4 Å². The maximum Gasteiger partial charge on any atom is 0.322 e. The zero-order valence-corrected chi connectivity index (χ0v) is 10.6. The molecule has 0 aromatic carbocycles. The highest BCUT2D eigenvalue weighted by molar-refractivity contribution is 6.07. The van der Waals surface area contributed by atoms with Gasteiger partial charge < -0.3 is 15.0 Å². The quantitative estimate of drug-likeness (QED) is 0.610. The second-order valence-corrected chi connectivity index (χ2v) is 5.38. The summed E-state index contributed by atoms with van der Waals surface area (Å²) in [6.45, 7) is 2.15. The minimum absolute atomic E-state index is 0.0407. The molecule has 7 nitrogen and oxygen atoms in total. The van der Waals surface area contributed by atoms with E-state index in [1.165, 1.54) is 0 Å². The highest BCUT2D eigenvalue weighted by atomic mass is 16.5. The molecule has 4 amide bonds. The lowest BCUT2D eigenvalue weighted by Crippen LogP contribution is -2.56. The first kappa shape index (κ1) is 12.4. The largest absolute Gasteiger partial charge is 0.381 e. The normalized spacial score (nSPS) is 29.5. The fraction of sp³-hybridized carbons (Fsp3) is 0.750. The van der Waals surface area contributed by atoms with Gasteiger partial charge in [-0.25, -0.2) is 4.79 Å². The van der Waals surface area contributed by atoms with Crippen molar-refractivity contribution in [1.82, 2.24) is 15.5 Å². The van der Waals surface area contributed by atoms with Gasteiger partial charge in [0.1, 0.15) is 5.54 Å². The van der Waals surface area contributed by atoms with E-state index in [0.717, 1.165) is 6.42 Å². The Morgan fingerprint density at radius 3 is 2.58 bits per heavy atom. The summed E-state index contributed by atoms with van der Waals surface area (Å²) in [6, 6.07) is -0.436. The molecule has 0 aromatic rings. The van der Waals surface area contributed by atoms with Gasteiger partial charge in [0.2, 0.25) is 5.91 Å². The predicted molar refractivity (Wildman–Crippen MR) is 64.1 cm³/mol. The number of amides is 4. The summed E-state index contributed by atoms with van der Waals surface area (Å²) in [5.74, 6) is -0.202. The zero-order chi connectivity index (χ0) is 13.5. The van der Waals surface area contributed by atoms with Crippen LogP contribution < -0.4 is 10.6 Å². The zero-order valence-electron chi connectivity index (χ0n) is 10.6. The third-order valence-electron chi connectivity index (χ3n) is 4.22. The number of nitrogens with zero attached hydrogens (tertiary/aromatic N) is 1. The van der Waals surface area contributed by atoms with Gasteiger partial charge in [-0.3, -0.25) is 14.9 Å². The molecule has 7 heteroatoms. The van der Waals surface area contributed by atoms with E-state index < -0.39 is 11.6 Å². The maximum atomic E-state index is 12.2. The topological polar surface area (TPSA) is 87.7 Å². The van der Waals surface area contributed by atoms with E-state index in [4.69, 9.17) is 4.74 Å². The van der Waals surface area contributed by atoms with Gasteiger partial charge in [0.15, 0.2) is 0 Å². The van der Waals surface area contributed by atoms with Gasteiger partial charge in [-0.05, 0) is 19.3 Å². The highest BCUT2D eigenvalue weighted by Crippen LogP contribution is 2.27. The molecule has 19 heavy (non-hydrogen) atoms. The molecule has 1 atom stereocenters. The van der Waals surface area contributed by atoms with Gasteiger partial charge in [-0.15, -0.1) is 0 Å². The van der Waals surface area contributed by atoms with Crippen LogP contribution in [-0.4, -0.2) is 54.6 Å². The monoisotopic (exact) mass is 267 g/mol. The summed E-state index contributed by atoms with van der Waals surface area (Å²) in [5, 5.41) is 4.95. The molecule has 0 saturated carbocycles. The van der Waals surface area contributed by atoms with Crippen LogP contribution in [0.15, 0.2) is 0 Å². The lowest BCUT2D eigenvalue weighted by molar-refractivity contribution is -0.139. The Hall–Kier alpha value is -1.63. The summed E-state index contributed by atoms with van der Waals surface area (Å²) in [6.07, 6.45) is 1.73. The van der Waals surface area contributed by atoms with Crippen LogP contribution in [0.3, 0.4) is 0 Å². The number of imide groups is 1. The molecule has 3 rings (SSSR count). The molecule has 3 saturated heterocycles. The van der Waals surface area contributed by atoms with Crippen LogP contribution in [0.1, 0.15) is 19.3 Å². The van der Waals surface area contributed by atoms with Crippen LogP contribution in [0.25, 0.3) is 0 Å². The smallest absolute Gasteiger partial charge is 0.322 e. The molecule has 2 N–H and O–H groups in total. The first-order valence-electron chi connectivity index (χ1n) is 6.61. The average Bonchev–Trinajstić information content (AvgIpc) is 2.99. The van der Waals surface area contributed by atoms with Crippen molar-refractivity contribution in [2.24, 2.45) is 5.92 Å². The third kappa shape index (κ3) is 2.07. The number of hydrogen-bond acceptors (Lipinski definition) is 4. The summed E-state index contributed by atoms with van der Waals surface area (Å²) in [4.78, 5) is 37.0. The van der Waals surface area contributed by atoms with Crippen LogP contribution in [-0.2, 0) is 14.3 Å². The van der Waals surface area contributed by atoms with Gasteiger partial charge >= 0.3 is 6.03 Å². The summed E-state index contributed by atoms with van der Waals surface area (Å²) < 4.78 is 5.22. The number of rotatable bonds is 1. The van der Waals surface area contributed by atoms with E-state index in [1.807, 2.05) is 0 Å². The van der Waals surface area contributed by atoms with E-state index in [1.54, 1.807) is 4.90 Å². The number of carbonyl (C=O) groups excluding carboxylic acids is 3. The van der Waals surface area contributed by atoms with Crippen molar-refractivity contribution in [1.29, 1.82) is 0 Å². The number of nitrogens with one attached hydrogen (secondary N) is 2. The van der Waals surface area contributed by atoms with Crippen molar-refractivity contribution in [3.63, 3.8) is 0 Å². The van der Waals surface area contributed by atoms with Crippen molar-refractivity contribution < 1.29 is 19.1 Å². The summed E-state index contributed by atoms with van der Waals surface area (Å²) in [7, 11) is 0. The Labute approximate surface area is 110 Å². The van der Waals surface area contributed by atoms with Gasteiger partial charge in [-0.1, -0.05) is 0 Å². The van der Waals surface area contributed by atoms with Crippen LogP contribution in [0.5, 0.6) is 0 Å². The second-order valence-electron chi connectivity index (χ2n) is 5.38. The van der Waals surface area contributed by atoms with Crippen LogP contribution >= 0.6 is 0 Å². The SMILES string of the molecule is O=C1NC(=O)C2(CCN(C(=O)C3CCOC3)CC2)N1. The first-order valence-corrected chi connectivity index (χ1v) is 6.61. The Bertz CT molecular complexity index is 423. The Balaban J connectivity index is 1.61. The Morgan fingerprint density at radius 1 is 1.32 bits per heavy atom. The first-order chi connectivity index (χ1) is 9.11. The van der Waals surface area contributed by atoms with Crippen LogP contribution in [0, 0.1) is 5.92 Å². The molecular formula is C12H17N3O4. The van der Waals surface area contributed by atoms with Crippen LogP contribution in [0.2, 0.25) is 0 Å². The lowest BCUT2D eigenvalue weighted by Gasteiger charge is -2.37. The standard InChI is InChI=1S/C12H17N3O4/c16-9(8-1-6-19-7-8)15-4-2-12(3-5-15)10(17)13-11(18)14-12/h8H,1-7H2,(H2,13,14,17,18). The summed E-state index contributed by atoms with van der Waals surface area (Å²) in [5.41, 5.74) is -0.806. The van der Waals surface area contributed by atoms with E-state index >= 15 is 0 Å². The average molecular weight is 267 g/mol. The third-order valence-corrected chi connectivity index (χ3v) is 4.22. The van der Waals surface area contributed by atoms with Gasteiger partial charge in [0.05, 0.1) is 12.5 Å². The molecule has 104 valence electrons. The van der Waals surface area contributed by atoms with Crippen molar-refractivity contribution in [3.8, 4) is 0 Å². The van der Waals surface area contributed by atoms with E-state index in [2.05, 4.69) is 10.6 Å². The molecule has 1 spiro atoms. The van der Waals surface area contributed by atoms with Crippen LogP contribution in [0.4, 0.5) is 4.79 Å². The molecule has 3 heterocycles. The van der Waals surface area contributed by atoms with Gasteiger partial charge in [0, 0.05) is 19.7 Å². The minimum atomic E-state index is -0.806. The van der Waals surface area contributed by atoms with Crippen molar-refractivity contribution in [2.45, 2.75) is 24.8 Å². The fourth-order valence-corrected chi connectivity index (χ4v) is 2.98. The fourth-order valence-electron chi connectivity index (χ4n) is 2.98. The number of piperidine rings is 1. The molecule has 1 unspecified atom stereocenters. The maximum absolute atomic E-state index is 12.2. The predicted octanol–water partition coefficient (Wildman–Crippen LogP) is -0.776. The van der Waals surface area contributed by atoms with E-state index in [-0.39, 0.29) is 17.7 Å². The molecule has 0 aromatic heterocycles. The number of hydrogen-bond donors (Lipinski definition) is 2. The number of ether oxygens (including phenoxy) is 1. The number of carbonyl (C=O) groups is 3. The van der Waals surface area contributed by atoms with Gasteiger partial charge in [-0.2, -0.15) is 0 Å². The summed E-state index contributed by atoms with van der Waals surface area (Å²) >= 11 is 0. The van der Waals surface area contributed by atoms with Crippen molar-refractivity contribution >= 4 is 17.8 Å². The second kappa shape index (κ2) is 4.48. The molecular weight excluding hydrogens is 250 g/mol. The minimum Gasteiger partial charge on any atom is -0.381 e.